The third kappa shape index (κ3) is 2.91. The number of benzene rings is 3. The van der Waals surface area contributed by atoms with E-state index in [1.165, 1.54) is 5.56 Å². The van der Waals surface area contributed by atoms with Crippen LogP contribution < -0.4 is 10.5 Å². The highest BCUT2D eigenvalue weighted by Crippen LogP contribution is 2.26. The molecule has 2 nitrogen and oxygen atoms in total. The Balaban J connectivity index is 1.82. The van der Waals surface area contributed by atoms with Crippen LogP contribution in [0.4, 0.5) is 5.69 Å². The molecule has 0 spiro atoms. The highest BCUT2D eigenvalue weighted by Gasteiger charge is 2.05. The Hall–Kier alpha value is -2.48. The van der Waals surface area contributed by atoms with Gasteiger partial charge in [-0.2, -0.15) is 0 Å². The lowest BCUT2D eigenvalue weighted by Gasteiger charge is -2.12. The van der Waals surface area contributed by atoms with E-state index >= 15 is 0 Å². The van der Waals surface area contributed by atoms with Gasteiger partial charge in [-0.25, -0.2) is 0 Å². The summed E-state index contributed by atoms with van der Waals surface area (Å²) < 4.78 is 5.93. The van der Waals surface area contributed by atoms with Gasteiger partial charge in [0.25, 0.3) is 0 Å². The molecule has 0 saturated heterocycles. The summed E-state index contributed by atoms with van der Waals surface area (Å²) in [7, 11) is 0. The molecule has 0 fully saturated rings. The van der Waals surface area contributed by atoms with Crippen molar-refractivity contribution in [3.05, 3.63) is 71.8 Å². The lowest BCUT2D eigenvalue weighted by Crippen LogP contribution is -1.99. The van der Waals surface area contributed by atoms with E-state index in [1.807, 2.05) is 30.3 Å². The van der Waals surface area contributed by atoms with Crippen molar-refractivity contribution >= 4 is 16.5 Å². The summed E-state index contributed by atoms with van der Waals surface area (Å²) in [5.74, 6) is 1.42. The Labute approximate surface area is 131 Å². The molecule has 3 aromatic carbocycles. The fraction of sp³-hybridized carbons (Fsp3) is 0.200. The third-order valence-electron chi connectivity index (χ3n) is 3.96. The van der Waals surface area contributed by atoms with Crippen LogP contribution in [0.25, 0.3) is 10.8 Å². The van der Waals surface area contributed by atoms with E-state index < -0.39 is 0 Å². The molecule has 112 valence electrons. The zero-order chi connectivity index (χ0) is 15.5. The predicted octanol–water partition coefficient (Wildman–Crippen LogP) is 5.12. The van der Waals surface area contributed by atoms with Crippen LogP contribution in [0.2, 0.25) is 0 Å². The van der Waals surface area contributed by atoms with Gasteiger partial charge in [-0.3, -0.25) is 0 Å². The van der Waals surface area contributed by atoms with Crippen molar-refractivity contribution in [3.63, 3.8) is 0 Å². The molecule has 0 bridgehead atoms. The predicted molar refractivity (Wildman–Crippen MR) is 93.2 cm³/mol. The minimum atomic E-state index is 0.520. The van der Waals surface area contributed by atoms with Crippen molar-refractivity contribution in [1.29, 1.82) is 0 Å². The third-order valence-corrected chi connectivity index (χ3v) is 3.96. The molecule has 0 aliphatic heterocycles. The summed E-state index contributed by atoms with van der Waals surface area (Å²) in [6, 6.07) is 20.5. The molecule has 3 aromatic rings. The molecule has 22 heavy (non-hydrogen) atoms. The molecule has 0 radical (unpaired) electrons. The number of hydrogen-bond donors (Lipinski definition) is 1. The molecule has 0 saturated carbocycles. The van der Waals surface area contributed by atoms with Crippen LogP contribution in [0, 0.1) is 0 Å². The molecule has 2 heteroatoms. The molecular formula is C20H21NO. The first-order valence-corrected chi connectivity index (χ1v) is 7.64. The highest BCUT2D eigenvalue weighted by atomic mass is 16.5. The average Bonchev–Trinajstić information content (AvgIpc) is 2.53. The summed E-state index contributed by atoms with van der Waals surface area (Å²) in [4.78, 5) is 0. The number of nitrogen functional groups attached to an aromatic ring is 1. The van der Waals surface area contributed by atoms with Gasteiger partial charge >= 0.3 is 0 Å². The second kappa shape index (κ2) is 6.10. The van der Waals surface area contributed by atoms with Gasteiger partial charge in [0.1, 0.15) is 12.4 Å². The smallest absolute Gasteiger partial charge is 0.119 e. The summed E-state index contributed by atoms with van der Waals surface area (Å²) >= 11 is 0. The number of rotatable bonds is 4. The normalized spacial score (nSPS) is 11.0. The quantitative estimate of drug-likeness (QED) is 0.677. The van der Waals surface area contributed by atoms with Crippen molar-refractivity contribution in [2.45, 2.75) is 26.4 Å². The molecule has 0 atom stereocenters. The van der Waals surface area contributed by atoms with Crippen LogP contribution in [0.5, 0.6) is 5.75 Å². The highest BCUT2D eigenvalue weighted by molar-refractivity contribution is 5.95. The van der Waals surface area contributed by atoms with Gasteiger partial charge in [0, 0.05) is 11.1 Å². The molecule has 0 heterocycles. The molecule has 2 N–H and O–H groups in total. The zero-order valence-corrected chi connectivity index (χ0v) is 13.0. The molecular weight excluding hydrogens is 270 g/mol. The Morgan fingerprint density at radius 1 is 0.909 bits per heavy atom. The van der Waals surface area contributed by atoms with E-state index in [9.17, 15) is 0 Å². The van der Waals surface area contributed by atoms with Crippen LogP contribution in [0.15, 0.2) is 60.7 Å². The van der Waals surface area contributed by atoms with Crippen LogP contribution in [-0.4, -0.2) is 0 Å². The summed E-state index contributed by atoms with van der Waals surface area (Å²) in [6.45, 7) is 4.90. The summed E-state index contributed by atoms with van der Waals surface area (Å²) in [5.41, 5.74) is 9.36. The molecule has 0 aromatic heterocycles. The van der Waals surface area contributed by atoms with Crippen molar-refractivity contribution in [3.8, 4) is 5.75 Å². The van der Waals surface area contributed by atoms with Gasteiger partial charge in [0.15, 0.2) is 0 Å². The van der Waals surface area contributed by atoms with Crippen molar-refractivity contribution < 1.29 is 4.74 Å². The fourth-order valence-corrected chi connectivity index (χ4v) is 2.68. The average molecular weight is 291 g/mol. The van der Waals surface area contributed by atoms with Crippen LogP contribution in [-0.2, 0) is 6.61 Å². The van der Waals surface area contributed by atoms with Crippen LogP contribution in [0.1, 0.15) is 30.9 Å². The largest absolute Gasteiger partial charge is 0.489 e. The second-order valence-electron chi connectivity index (χ2n) is 5.87. The van der Waals surface area contributed by atoms with E-state index in [1.54, 1.807) is 0 Å². The van der Waals surface area contributed by atoms with E-state index in [0.29, 0.717) is 12.5 Å². The Morgan fingerprint density at radius 2 is 1.59 bits per heavy atom. The molecule has 0 aliphatic carbocycles. The maximum Gasteiger partial charge on any atom is 0.119 e. The van der Waals surface area contributed by atoms with Gasteiger partial charge in [0.05, 0.1) is 0 Å². The lowest BCUT2D eigenvalue weighted by molar-refractivity contribution is 0.307. The maximum absolute atomic E-state index is 6.12. The fourth-order valence-electron chi connectivity index (χ4n) is 2.68. The molecule has 3 rings (SSSR count). The number of nitrogens with two attached hydrogens (primary N) is 1. The van der Waals surface area contributed by atoms with Crippen molar-refractivity contribution in [2.24, 2.45) is 0 Å². The van der Waals surface area contributed by atoms with Gasteiger partial charge in [-0.15, -0.1) is 0 Å². The number of fused-ring (bicyclic) bond motifs is 1. The zero-order valence-electron chi connectivity index (χ0n) is 13.0. The van der Waals surface area contributed by atoms with Crippen molar-refractivity contribution in [2.75, 3.05) is 5.73 Å². The number of hydrogen-bond acceptors (Lipinski definition) is 2. The maximum atomic E-state index is 6.12. The topological polar surface area (TPSA) is 35.2 Å². The standard InChI is InChI=1S/C20H21NO/c1-14(2)15-9-11-18(12-10-15)22-13-17-7-3-5-16-6-4-8-19(21)20(16)17/h3-12,14H,13,21H2,1-2H3. The van der Waals surface area contributed by atoms with E-state index in [-0.39, 0.29) is 0 Å². The molecule has 0 aliphatic rings. The Kier molecular flexibility index (Phi) is 4.01. The minimum Gasteiger partial charge on any atom is -0.489 e. The Morgan fingerprint density at radius 3 is 2.27 bits per heavy atom. The number of anilines is 1. The SMILES string of the molecule is CC(C)c1ccc(OCc2cccc3cccc(N)c23)cc1. The van der Waals surface area contributed by atoms with Crippen LogP contribution >= 0.6 is 0 Å². The van der Waals surface area contributed by atoms with E-state index in [0.717, 1.165) is 27.8 Å². The van der Waals surface area contributed by atoms with Gasteiger partial charge in [-0.1, -0.05) is 56.3 Å². The molecule has 0 unspecified atom stereocenters. The molecule has 0 amide bonds. The van der Waals surface area contributed by atoms with Gasteiger partial charge in [0.2, 0.25) is 0 Å². The van der Waals surface area contributed by atoms with Gasteiger partial charge in [-0.05, 0) is 40.6 Å². The van der Waals surface area contributed by atoms with Crippen molar-refractivity contribution in [1.82, 2.24) is 0 Å². The van der Waals surface area contributed by atoms with E-state index in [2.05, 4.69) is 44.2 Å². The van der Waals surface area contributed by atoms with E-state index in [4.69, 9.17) is 10.5 Å². The summed E-state index contributed by atoms with van der Waals surface area (Å²) in [5, 5.41) is 2.24. The first kappa shape index (κ1) is 14.5. The van der Waals surface area contributed by atoms with Crippen LogP contribution in [0.3, 0.4) is 0 Å². The summed E-state index contributed by atoms with van der Waals surface area (Å²) in [6.07, 6.45) is 0. The monoisotopic (exact) mass is 291 g/mol. The number of ether oxygens (including phenoxy) is 1. The minimum absolute atomic E-state index is 0.520. The lowest BCUT2D eigenvalue weighted by atomic mass is 10.0. The Bertz CT molecular complexity index is 770. The second-order valence-corrected chi connectivity index (χ2v) is 5.87. The van der Waals surface area contributed by atoms with Gasteiger partial charge < -0.3 is 10.5 Å². The first-order chi connectivity index (χ1) is 10.6. The first-order valence-electron chi connectivity index (χ1n) is 7.64.